The lowest BCUT2D eigenvalue weighted by atomic mass is 9.79. The third kappa shape index (κ3) is 7.07. The number of aliphatic carboxylic acids is 1. The van der Waals surface area contributed by atoms with Gasteiger partial charge in [0.15, 0.2) is 0 Å². The molecule has 4 rings (SSSR count). The summed E-state index contributed by atoms with van der Waals surface area (Å²) in [6, 6.07) is 17.7. The van der Waals surface area contributed by atoms with E-state index in [-0.39, 0.29) is 18.9 Å². The van der Waals surface area contributed by atoms with Gasteiger partial charge in [0.05, 0.1) is 19.6 Å². The van der Waals surface area contributed by atoms with Crippen LogP contribution in [-0.4, -0.2) is 23.3 Å². The zero-order chi connectivity index (χ0) is 28.2. The summed E-state index contributed by atoms with van der Waals surface area (Å²) in [5.41, 5.74) is 2.57. The molecule has 1 saturated carbocycles. The second kappa shape index (κ2) is 12.0. The molecule has 3 aromatic carbocycles. The molecule has 3 aromatic rings. The van der Waals surface area contributed by atoms with Gasteiger partial charge in [-0.15, -0.1) is 6.58 Å². The Labute approximate surface area is 229 Å². The molecule has 2 atom stereocenters. The number of methoxy groups -OCH3 is 1. The van der Waals surface area contributed by atoms with E-state index in [1.165, 1.54) is 26.0 Å². The normalized spacial score (nSPS) is 14.9. The Morgan fingerprint density at radius 1 is 1.10 bits per heavy atom. The number of aliphatic hydroxyl groups is 1. The molecule has 0 aliphatic heterocycles. The summed E-state index contributed by atoms with van der Waals surface area (Å²) in [7, 11) is 1.53. The fourth-order valence-electron chi connectivity index (χ4n) is 4.85. The van der Waals surface area contributed by atoms with Crippen molar-refractivity contribution < 1.29 is 28.9 Å². The van der Waals surface area contributed by atoms with Gasteiger partial charge in [-0.05, 0) is 76.9 Å². The third-order valence-electron chi connectivity index (χ3n) is 7.58. The van der Waals surface area contributed by atoms with Crippen molar-refractivity contribution in [2.24, 2.45) is 11.3 Å². The summed E-state index contributed by atoms with van der Waals surface area (Å²) in [6.45, 7) is 7.85. The number of aliphatic hydroxyl groups excluding tert-OH is 1. The van der Waals surface area contributed by atoms with Crippen LogP contribution in [0, 0.1) is 17.2 Å². The van der Waals surface area contributed by atoms with E-state index in [0.717, 1.165) is 17.5 Å². The lowest BCUT2D eigenvalue weighted by Crippen LogP contribution is -2.20. The highest BCUT2D eigenvalue weighted by Crippen LogP contribution is 2.42. The predicted molar refractivity (Wildman–Crippen MR) is 150 cm³/mol. The molecule has 6 heteroatoms. The van der Waals surface area contributed by atoms with Gasteiger partial charge in [-0.3, -0.25) is 4.79 Å². The van der Waals surface area contributed by atoms with Crippen LogP contribution in [0.3, 0.4) is 0 Å². The Hall–Kier alpha value is -3.64. The van der Waals surface area contributed by atoms with Crippen LogP contribution in [0.2, 0.25) is 0 Å². The number of hydrogen-bond donors (Lipinski definition) is 2. The maximum Gasteiger partial charge on any atom is 0.303 e. The lowest BCUT2D eigenvalue weighted by molar-refractivity contribution is -0.137. The SMILES string of the molecule is C=CC(C)(C)[C@H](O)c1cc(COc2cccc([C@@H](CC(=O)O)CC3CC3)c2)ccc1-c1cc(OC)ccc1F. The average Bonchev–Trinajstić information content (AvgIpc) is 3.75. The third-order valence-corrected chi connectivity index (χ3v) is 7.58. The van der Waals surface area contributed by atoms with E-state index >= 15 is 0 Å². The van der Waals surface area contributed by atoms with E-state index in [4.69, 9.17) is 9.47 Å². The van der Waals surface area contributed by atoms with Crippen LogP contribution in [0.15, 0.2) is 73.3 Å². The van der Waals surface area contributed by atoms with Crippen molar-refractivity contribution in [3.05, 3.63) is 95.8 Å². The summed E-state index contributed by atoms with van der Waals surface area (Å²) in [4.78, 5) is 11.5. The highest BCUT2D eigenvalue weighted by atomic mass is 19.1. The van der Waals surface area contributed by atoms with Crippen LogP contribution in [0.4, 0.5) is 4.39 Å². The van der Waals surface area contributed by atoms with Crippen molar-refractivity contribution in [1.82, 2.24) is 0 Å². The van der Waals surface area contributed by atoms with E-state index in [1.807, 2.05) is 50.2 Å². The summed E-state index contributed by atoms with van der Waals surface area (Å²) in [5.74, 6) is 0.520. The van der Waals surface area contributed by atoms with Gasteiger partial charge in [-0.1, -0.05) is 57.0 Å². The van der Waals surface area contributed by atoms with Gasteiger partial charge in [-0.2, -0.15) is 0 Å². The number of rotatable bonds is 13. The Kier molecular flexibility index (Phi) is 8.76. The Balaban J connectivity index is 1.62. The summed E-state index contributed by atoms with van der Waals surface area (Å²) < 4.78 is 26.4. The van der Waals surface area contributed by atoms with Crippen molar-refractivity contribution in [3.63, 3.8) is 0 Å². The molecule has 0 spiro atoms. The Bertz CT molecular complexity index is 1330. The molecule has 1 aliphatic rings. The van der Waals surface area contributed by atoms with Gasteiger partial charge >= 0.3 is 5.97 Å². The summed E-state index contributed by atoms with van der Waals surface area (Å²) in [6.07, 6.45) is 4.05. The Morgan fingerprint density at radius 2 is 1.87 bits per heavy atom. The highest BCUT2D eigenvalue weighted by molar-refractivity contribution is 5.71. The van der Waals surface area contributed by atoms with Gasteiger partial charge in [0.2, 0.25) is 0 Å². The average molecular weight is 533 g/mol. The predicted octanol–water partition coefficient (Wildman–Crippen LogP) is 7.68. The first-order valence-corrected chi connectivity index (χ1v) is 13.3. The fourth-order valence-corrected chi connectivity index (χ4v) is 4.85. The number of hydrogen-bond acceptors (Lipinski definition) is 4. The monoisotopic (exact) mass is 532 g/mol. The van der Waals surface area contributed by atoms with Gasteiger partial charge < -0.3 is 19.7 Å². The van der Waals surface area contributed by atoms with Crippen molar-refractivity contribution in [3.8, 4) is 22.6 Å². The summed E-state index contributed by atoms with van der Waals surface area (Å²) in [5, 5.41) is 20.8. The second-order valence-corrected chi connectivity index (χ2v) is 11.0. The van der Waals surface area contributed by atoms with Gasteiger partial charge in [0.1, 0.15) is 23.9 Å². The molecule has 5 nitrogen and oxygen atoms in total. The molecule has 0 bridgehead atoms. The minimum absolute atomic E-state index is 0.0431. The Morgan fingerprint density at radius 3 is 2.54 bits per heavy atom. The molecule has 0 amide bonds. The molecule has 1 aliphatic carbocycles. The second-order valence-electron chi connectivity index (χ2n) is 11.0. The van der Waals surface area contributed by atoms with Crippen LogP contribution in [-0.2, 0) is 11.4 Å². The van der Waals surface area contributed by atoms with Gasteiger partial charge in [-0.25, -0.2) is 4.39 Å². The van der Waals surface area contributed by atoms with Crippen molar-refractivity contribution in [1.29, 1.82) is 0 Å². The minimum Gasteiger partial charge on any atom is -0.497 e. The molecule has 0 unspecified atom stereocenters. The van der Waals surface area contributed by atoms with Crippen LogP contribution < -0.4 is 9.47 Å². The summed E-state index contributed by atoms with van der Waals surface area (Å²) >= 11 is 0. The van der Waals surface area contributed by atoms with Gasteiger partial charge in [0.25, 0.3) is 0 Å². The number of carboxylic acids is 1. The smallest absolute Gasteiger partial charge is 0.303 e. The van der Waals surface area contributed by atoms with Crippen molar-refractivity contribution in [2.45, 2.75) is 58.2 Å². The zero-order valence-electron chi connectivity index (χ0n) is 22.8. The van der Waals surface area contributed by atoms with E-state index in [0.29, 0.717) is 34.1 Å². The first kappa shape index (κ1) is 28.4. The van der Waals surface area contributed by atoms with Gasteiger partial charge in [0, 0.05) is 11.0 Å². The largest absolute Gasteiger partial charge is 0.497 e. The van der Waals surface area contributed by atoms with E-state index in [9.17, 15) is 19.4 Å². The van der Waals surface area contributed by atoms with Crippen molar-refractivity contribution in [2.75, 3.05) is 7.11 Å². The van der Waals surface area contributed by atoms with Crippen LogP contribution in [0.1, 0.15) is 68.2 Å². The maximum absolute atomic E-state index is 14.9. The molecular formula is C33H37FO5. The van der Waals surface area contributed by atoms with E-state index in [2.05, 4.69) is 6.58 Å². The fraction of sp³-hybridized carbons (Fsp3) is 0.364. The standard InChI is InChI=1S/C33H37FO5/c1-5-33(2,3)32(37)29-16-22(11-13-27(29)28-19-25(38-4)12-14-30(28)34)20-39-26-8-6-7-23(17-26)24(18-31(35)36)15-21-9-10-21/h5-8,11-14,16-17,19,21,24,32,37H,1,9-10,15,18,20H2,2-4H3,(H,35,36)/t24-,32-/m1/s1. The highest BCUT2D eigenvalue weighted by Gasteiger charge is 2.30. The van der Waals surface area contributed by atoms with E-state index in [1.54, 1.807) is 24.3 Å². The number of ether oxygens (including phenoxy) is 2. The first-order valence-electron chi connectivity index (χ1n) is 13.3. The van der Waals surface area contributed by atoms with Crippen LogP contribution in [0.25, 0.3) is 11.1 Å². The topological polar surface area (TPSA) is 76.0 Å². The molecule has 0 heterocycles. The number of benzene rings is 3. The number of carboxylic acid groups (broad SMARTS) is 1. The molecular weight excluding hydrogens is 495 g/mol. The minimum atomic E-state index is -0.946. The number of halogens is 1. The quantitative estimate of drug-likeness (QED) is 0.221. The number of carbonyl (C=O) groups is 1. The van der Waals surface area contributed by atoms with Crippen LogP contribution in [0.5, 0.6) is 11.5 Å². The maximum atomic E-state index is 14.9. The molecule has 206 valence electrons. The van der Waals surface area contributed by atoms with Crippen molar-refractivity contribution >= 4 is 5.97 Å². The lowest BCUT2D eigenvalue weighted by Gasteiger charge is -2.29. The molecule has 2 N–H and O–H groups in total. The van der Waals surface area contributed by atoms with E-state index < -0.39 is 23.3 Å². The zero-order valence-corrected chi connectivity index (χ0v) is 22.8. The molecule has 1 fully saturated rings. The molecule has 0 aromatic heterocycles. The molecule has 0 saturated heterocycles. The van der Waals surface area contributed by atoms with Crippen LogP contribution >= 0.6 is 0 Å². The first-order chi connectivity index (χ1) is 18.6. The molecule has 0 radical (unpaired) electrons. The molecule has 39 heavy (non-hydrogen) atoms.